The number of hydrogen-bond acceptors (Lipinski definition) is 5. The van der Waals surface area contributed by atoms with E-state index in [0.717, 1.165) is 4.31 Å². The van der Waals surface area contributed by atoms with Crippen LogP contribution in [0.3, 0.4) is 0 Å². The van der Waals surface area contributed by atoms with Gasteiger partial charge in [-0.2, -0.15) is 0 Å². The average molecular weight is 469 g/mol. The van der Waals surface area contributed by atoms with Crippen LogP contribution >= 0.6 is 11.6 Å². The minimum absolute atomic E-state index is 0.0281. The number of benzene rings is 2. The molecule has 0 radical (unpaired) electrons. The maximum Gasteiger partial charge on any atom is 0.264 e. The molecule has 2 aromatic rings. The molecule has 10 heteroatoms. The van der Waals surface area contributed by atoms with Crippen molar-refractivity contribution in [2.24, 2.45) is 0 Å². The summed E-state index contributed by atoms with van der Waals surface area (Å²) >= 11 is 5.90. The van der Waals surface area contributed by atoms with Gasteiger partial charge >= 0.3 is 0 Å². The average Bonchev–Trinajstić information content (AvgIpc) is 3.05. The number of nitrogens with one attached hydrogen (secondary N) is 1. The molecular weight excluding hydrogens is 448 g/mol. The largest absolute Gasteiger partial charge is 0.348 e. The first-order valence-electron chi connectivity index (χ1n) is 9.13. The highest BCUT2D eigenvalue weighted by molar-refractivity contribution is 7.93. The highest BCUT2D eigenvalue weighted by atomic mass is 35.5. The summed E-state index contributed by atoms with van der Waals surface area (Å²) in [5.74, 6) is -0.597. The molecule has 1 saturated heterocycles. The van der Waals surface area contributed by atoms with Crippen molar-refractivity contribution in [1.82, 2.24) is 5.32 Å². The van der Waals surface area contributed by atoms with Gasteiger partial charge in [-0.05, 0) is 48.9 Å². The van der Waals surface area contributed by atoms with Crippen molar-refractivity contribution >= 4 is 43.1 Å². The summed E-state index contributed by atoms with van der Waals surface area (Å²) in [6.45, 7) is 3.65. The molecule has 160 valence electrons. The predicted octanol–water partition coefficient (Wildman–Crippen LogP) is 2.64. The van der Waals surface area contributed by atoms with Gasteiger partial charge in [-0.25, -0.2) is 16.8 Å². The number of sulfone groups is 1. The van der Waals surface area contributed by atoms with Crippen molar-refractivity contribution in [3.8, 4) is 0 Å². The molecule has 3 rings (SSSR count). The second kappa shape index (κ2) is 8.79. The molecule has 1 aliphatic heterocycles. The number of carbonyl (C=O) groups excluding carboxylic acids is 1. The first-order chi connectivity index (χ1) is 14.1. The van der Waals surface area contributed by atoms with Gasteiger partial charge in [0.1, 0.15) is 0 Å². The monoisotopic (exact) mass is 468 g/mol. The van der Waals surface area contributed by atoms with E-state index < -0.39 is 31.8 Å². The van der Waals surface area contributed by atoms with Crippen LogP contribution in [-0.4, -0.2) is 46.8 Å². The first kappa shape index (κ1) is 22.3. The molecule has 1 N–H and O–H groups in total. The molecule has 7 nitrogen and oxygen atoms in total. The molecular formula is C20H21ClN2O5S2. The van der Waals surface area contributed by atoms with Crippen LogP contribution in [0.25, 0.3) is 0 Å². The number of hydrogen-bond donors (Lipinski definition) is 1. The Labute approximate surface area is 181 Å². The SMILES string of the molecule is C=CCN(c1ccc(Cl)cc1)S(=O)(=O)c1cccc(C(=O)NC2CCS(=O)(=O)C2)c1. The van der Waals surface area contributed by atoms with Crippen LogP contribution in [0.4, 0.5) is 5.69 Å². The molecule has 1 unspecified atom stereocenters. The lowest BCUT2D eigenvalue weighted by atomic mass is 10.2. The van der Waals surface area contributed by atoms with Crippen LogP contribution < -0.4 is 9.62 Å². The van der Waals surface area contributed by atoms with Gasteiger partial charge in [0.25, 0.3) is 15.9 Å². The number of amides is 1. The number of rotatable bonds is 7. The van der Waals surface area contributed by atoms with E-state index in [2.05, 4.69) is 11.9 Å². The molecule has 2 aromatic carbocycles. The number of anilines is 1. The lowest BCUT2D eigenvalue weighted by Gasteiger charge is -2.23. The molecule has 1 fully saturated rings. The summed E-state index contributed by atoms with van der Waals surface area (Å²) in [6, 6.07) is 11.5. The van der Waals surface area contributed by atoms with E-state index in [4.69, 9.17) is 11.6 Å². The van der Waals surface area contributed by atoms with Crippen LogP contribution in [0.2, 0.25) is 5.02 Å². The highest BCUT2D eigenvalue weighted by Crippen LogP contribution is 2.26. The molecule has 0 saturated carbocycles. The number of carbonyl (C=O) groups is 1. The topological polar surface area (TPSA) is 101 Å². The molecule has 1 heterocycles. The molecule has 0 aliphatic carbocycles. The number of sulfonamides is 1. The van der Waals surface area contributed by atoms with Gasteiger partial charge in [-0.15, -0.1) is 6.58 Å². The van der Waals surface area contributed by atoms with Gasteiger partial charge in [-0.3, -0.25) is 9.10 Å². The Kier molecular flexibility index (Phi) is 6.54. The van der Waals surface area contributed by atoms with Gasteiger partial charge in [0.15, 0.2) is 9.84 Å². The van der Waals surface area contributed by atoms with Gasteiger partial charge < -0.3 is 5.32 Å². The zero-order chi connectivity index (χ0) is 21.9. The second-order valence-electron chi connectivity index (χ2n) is 6.90. The maximum atomic E-state index is 13.2. The van der Waals surface area contributed by atoms with Crippen LogP contribution in [0, 0.1) is 0 Å². The minimum Gasteiger partial charge on any atom is -0.348 e. The number of halogens is 1. The molecule has 1 aliphatic rings. The predicted molar refractivity (Wildman–Crippen MR) is 117 cm³/mol. The fourth-order valence-corrected chi connectivity index (χ4v) is 6.45. The molecule has 0 aromatic heterocycles. The Hall–Kier alpha value is -2.36. The second-order valence-corrected chi connectivity index (χ2v) is 11.4. The zero-order valence-electron chi connectivity index (χ0n) is 16.0. The van der Waals surface area contributed by atoms with E-state index in [1.54, 1.807) is 24.3 Å². The van der Waals surface area contributed by atoms with Crippen LogP contribution in [0.5, 0.6) is 0 Å². The Balaban J connectivity index is 1.88. The van der Waals surface area contributed by atoms with Crippen molar-refractivity contribution in [3.63, 3.8) is 0 Å². The van der Waals surface area contributed by atoms with Crippen molar-refractivity contribution in [1.29, 1.82) is 0 Å². The van der Waals surface area contributed by atoms with Crippen LogP contribution in [-0.2, 0) is 19.9 Å². The minimum atomic E-state index is -3.99. The third-order valence-corrected chi connectivity index (χ3v) is 8.47. The van der Waals surface area contributed by atoms with E-state index in [1.807, 2.05) is 0 Å². The highest BCUT2D eigenvalue weighted by Gasteiger charge is 2.30. The summed E-state index contributed by atoms with van der Waals surface area (Å²) < 4.78 is 50.8. The van der Waals surface area contributed by atoms with Crippen molar-refractivity contribution in [2.45, 2.75) is 17.4 Å². The molecule has 1 amide bonds. The standard InChI is InChI=1S/C20H21ClN2O5S2/c1-2-11-23(18-8-6-16(21)7-9-18)30(27,28)19-5-3-4-15(13-19)20(24)22-17-10-12-29(25,26)14-17/h2-9,13,17H,1,10-12,14H2,(H,22,24). The molecule has 0 bridgehead atoms. The van der Waals surface area contributed by atoms with Gasteiger partial charge in [0.05, 0.1) is 28.6 Å². The lowest BCUT2D eigenvalue weighted by molar-refractivity contribution is 0.0941. The van der Waals surface area contributed by atoms with Crippen molar-refractivity contribution < 1.29 is 21.6 Å². The number of nitrogens with zero attached hydrogens (tertiary/aromatic N) is 1. The van der Waals surface area contributed by atoms with E-state index in [1.165, 1.54) is 30.3 Å². The first-order valence-corrected chi connectivity index (χ1v) is 12.8. The molecule has 1 atom stereocenters. The maximum absolute atomic E-state index is 13.2. The lowest BCUT2D eigenvalue weighted by Crippen LogP contribution is -2.36. The Morgan fingerprint density at radius 1 is 1.23 bits per heavy atom. The normalized spacial score (nSPS) is 18.0. The third-order valence-electron chi connectivity index (χ3n) is 4.66. The smallest absolute Gasteiger partial charge is 0.264 e. The van der Waals surface area contributed by atoms with E-state index in [9.17, 15) is 21.6 Å². The van der Waals surface area contributed by atoms with Crippen LogP contribution in [0.1, 0.15) is 16.8 Å². The zero-order valence-corrected chi connectivity index (χ0v) is 18.4. The van der Waals surface area contributed by atoms with Crippen molar-refractivity contribution in [2.75, 3.05) is 22.4 Å². The van der Waals surface area contributed by atoms with Gasteiger partial charge in [0.2, 0.25) is 0 Å². The van der Waals surface area contributed by atoms with E-state index in [-0.39, 0.29) is 28.5 Å². The fraction of sp³-hybridized carbons (Fsp3) is 0.250. The summed E-state index contributed by atoms with van der Waals surface area (Å²) in [7, 11) is -7.13. The van der Waals surface area contributed by atoms with E-state index in [0.29, 0.717) is 17.1 Å². The van der Waals surface area contributed by atoms with Gasteiger partial charge in [-0.1, -0.05) is 23.7 Å². The quantitative estimate of drug-likeness (QED) is 0.629. The summed E-state index contributed by atoms with van der Waals surface area (Å²) in [4.78, 5) is 12.5. The van der Waals surface area contributed by atoms with Crippen molar-refractivity contribution in [3.05, 3.63) is 71.8 Å². The molecule has 0 spiro atoms. The molecule has 30 heavy (non-hydrogen) atoms. The third kappa shape index (κ3) is 5.03. The fourth-order valence-electron chi connectivity index (χ4n) is 3.17. The van der Waals surface area contributed by atoms with Gasteiger partial charge in [0, 0.05) is 16.6 Å². The Morgan fingerprint density at radius 2 is 1.93 bits per heavy atom. The summed E-state index contributed by atoms with van der Waals surface area (Å²) in [6.07, 6.45) is 1.80. The Morgan fingerprint density at radius 3 is 2.53 bits per heavy atom. The summed E-state index contributed by atoms with van der Waals surface area (Å²) in [5, 5.41) is 3.14. The summed E-state index contributed by atoms with van der Waals surface area (Å²) in [5.41, 5.74) is 0.542. The van der Waals surface area contributed by atoms with E-state index >= 15 is 0 Å². The Bertz CT molecular complexity index is 1160. The van der Waals surface area contributed by atoms with Crippen LogP contribution in [0.15, 0.2) is 66.1 Å².